The number of pyridine rings is 1. The highest BCUT2D eigenvalue weighted by Gasteiger charge is 2.61. The highest BCUT2D eigenvalue weighted by molar-refractivity contribution is 5.85. The van der Waals surface area contributed by atoms with E-state index < -0.39 is 0 Å². The molecular weight excluding hydrogens is 312 g/mol. The molecular formula is C21H24N2O2. The van der Waals surface area contributed by atoms with Crippen LogP contribution in [-0.4, -0.2) is 36.1 Å². The SMILES string of the molecule is COCCN(Cc1ccccn1)C(=O)[C@@H]1C[C@]12CCc1ccccc12. The predicted octanol–water partition coefficient (Wildman–Crippen LogP) is 2.96. The molecule has 0 unspecified atom stereocenters. The van der Waals surface area contributed by atoms with Crippen LogP contribution >= 0.6 is 0 Å². The molecule has 0 bridgehead atoms. The molecule has 1 heterocycles. The van der Waals surface area contributed by atoms with Gasteiger partial charge in [0.1, 0.15) is 0 Å². The average Bonchev–Trinajstić information content (AvgIpc) is 3.28. The van der Waals surface area contributed by atoms with Crippen LogP contribution in [0.15, 0.2) is 48.7 Å². The number of nitrogens with zero attached hydrogens (tertiary/aromatic N) is 2. The van der Waals surface area contributed by atoms with E-state index in [1.807, 2.05) is 23.1 Å². The van der Waals surface area contributed by atoms with Crippen molar-refractivity contribution in [3.63, 3.8) is 0 Å². The molecule has 1 aromatic carbocycles. The zero-order valence-corrected chi connectivity index (χ0v) is 14.6. The Bertz CT molecular complexity index is 762. The molecule has 0 aliphatic heterocycles. The molecule has 1 saturated carbocycles. The van der Waals surface area contributed by atoms with E-state index in [0.717, 1.165) is 25.0 Å². The number of fused-ring (bicyclic) bond motifs is 2. The number of aryl methyl sites for hydroxylation is 1. The minimum atomic E-state index is 0.0864. The Morgan fingerprint density at radius 2 is 2.12 bits per heavy atom. The van der Waals surface area contributed by atoms with Crippen molar-refractivity contribution >= 4 is 5.91 Å². The molecule has 2 atom stereocenters. The zero-order chi connectivity index (χ0) is 17.3. The van der Waals surface area contributed by atoms with Crippen molar-refractivity contribution in [1.82, 2.24) is 9.88 Å². The van der Waals surface area contributed by atoms with Crippen LogP contribution in [0.25, 0.3) is 0 Å². The number of amides is 1. The van der Waals surface area contributed by atoms with Gasteiger partial charge < -0.3 is 9.64 Å². The number of rotatable bonds is 6. The summed E-state index contributed by atoms with van der Waals surface area (Å²) in [5.41, 5.74) is 3.83. The molecule has 1 fully saturated rings. The van der Waals surface area contributed by atoms with Crippen molar-refractivity contribution in [3.05, 3.63) is 65.5 Å². The largest absolute Gasteiger partial charge is 0.383 e. The van der Waals surface area contributed by atoms with E-state index in [9.17, 15) is 4.79 Å². The summed E-state index contributed by atoms with van der Waals surface area (Å²) in [7, 11) is 1.68. The Labute approximate surface area is 148 Å². The van der Waals surface area contributed by atoms with Crippen LogP contribution in [0.5, 0.6) is 0 Å². The van der Waals surface area contributed by atoms with E-state index in [1.54, 1.807) is 13.3 Å². The van der Waals surface area contributed by atoms with E-state index in [2.05, 4.69) is 29.2 Å². The maximum Gasteiger partial charge on any atom is 0.227 e. The lowest BCUT2D eigenvalue weighted by Crippen LogP contribution is -2.36. The number of hydrogen-bond acceptors (Lipinski definition) is 3. The molecule has 25 heavy (non-hydrogen) atoms. The number of aromatic nitrogens is 1. The molecule has 0 radical (unpaired) electrons. The van der Waals surface area contributed by atoms with Crippen LogP contribution in [0, 0.1) is 5.92 Å². The van der Waals surface area contributed by atoms with Gasteiger partial charge in [-0.1, -0.05) is 30.3 Å². The highest BCUT2D eigenvalue weighted by atomic mass is 16.5. The van der Waals surface area contributed by atoms with Crippen molar-refractivity contribution in [1.29, 1.82) is 0 Å². The number of ether oxygens (including phenoxy) is 1. The average molecular weight is 336 g/mol. The van der Waals surface area contributed by atoms with Crippen LogP contribution in [0.3, 0.4) is 0 Å². The molecule has 1 spiro atoms. The summed E-state index contributed by atoms with van der Waals surface area (Å²) in [6.07, 6.45) is 4.96. The molecule has 1 amide bonds. The topological polar surface area (TPSA) is 42.4 Å². The van der Waals surface area contributed by atoms with E-state index in [1.165, 1.54) is 11.1 Å². The molecule has 1 aromatic heterocycles. The summed E-state index contributed by atoms with van der Waals surface area (Å²) in [6, 6.07) is 14.5. The molecule has 0 N–H and O–H groups in total. The second-order valence-corrected chi connectivity index (χ2v) is 7.14. The summed E-state index contributed by atoms with van der Waals surface area (Å²) >= 11 is 0. The minimum absolute atomic E-state index is 0.0864. The Kier molecular flexibility index (Phi) is 4.30. The van der Waals surface area contributed by atoms with Gasteiger partial charge in [-0.2, -0.15) is 0 Å². The van der Waals surface area contributed by atoms with Crippen LogP contribution in [0.1, 0.15) is 29.7 Å². The number of hydrogen-bond donors (Lipinski definition) is 0. The van der Waals surface area contributed by atoms with E-state index in [0.29, 0.717) is 19.7 Å². The molecule has 4 heteroatoms. The summed E-state index contributed by atoms with van der Waals surface area (Å²) in [5, 5.41) is 0. The van der Waals surface area contributed by atoms with Gasteiger partial charge >= 0.3 is 0 Å². The van der Waals surface area contributed by atoms with Gasteiger partial charge in [0.05, 0.1) is 18.8 Å². The lowest BCUT2D eigenvalue weighted by molar-refractivity contribution is -0.134. The fourth-order valence-corrected chi connectivity index (χ4v) is 4.30. The van der Waals surface area contributed by atoms with Gasteiger partial charge in [0, 0.05) is 31.2 Å². The lowest BCUT2D eigenvalue weighted by atomic mass is 9.95. The van der Waals surface area contributed by atoms with Gasteiger partial charge in [0.2, 0.25) is 5.91 Å². The van der Waals surface area contributed by atoms with Gasteiger partial charge in [0.15, 0.2) is 0 Å². The summed E-state index contributed by atoms with van der Waals surface area (Å²) < 4.78 is 5.22. The van der Waals surface area contributed by atoms with E-state index in [-0.39, 0.29) is 17.2 Å². The van der Waals surface area contributed by atoms with Gasteiger partial charge in [0.25, 0.3) is 0 Å². The van der Waals surface area contributed by atoms with Crippen LogP contribution in [-0.2, 0) is 27.9 Å². The second kappa shape index (κ2) is 6.60. The van der Waals surface area contributed by atoms with Gasteiger partial charge in [-0.15, -0.1) is 0 Å². The zero-order valence-electron chi connectivity index (χ0n) is 14.6. The molecule has 2 aromatic rings. The van der Waals surface area contributed by atoms with Crippen molar-refractivity contribution in [2.24, 2.45) is 5.92 Å². The minimum Gasteiger partial charge on any atom is -0.383 e. The van der Waals surface area contributed by atoms with Crippen molar-refractivity contribution in [3.8, 4) is 0 Å². The Morgan fingerprint density at radius 3 is 2.92 bits per heavy atom. The van der Waals surface area contributed by atoms with Crippen LogP contribution in [0.4, 0.5) is 0 Å². The summed E-state index contributed by atoms with van der Waals surface area (Å²) in [4.78, 5) is 19.5. The normalized spacial score (nSPS) is 23.5. The highest BCUT2D eigenvalue weighted by Crippen LogP contribution is 2.62. The first-order valence-corrected chi connectivity index (χ1v) is 9.00. The summed E-state index contributed by atoms with van der Waals surface area (Å²) in [5.74, 6) is 0.358. The van der Waals surface area contributed by atoms with Crippen molar-refractivity contribution < 1.29 is 9.53 Å². The van der Waals surface area contributed by atoms with Crippen LogP contribution < -0.4 is 0 Å². The maximum atomic E-state index is 13.2. The fourth-order valence-electron chi connectivity index (χ4n) is 4.30. The monoisotopic (exact) mass is 336 g/mol. The third-order valence-electron chi connectivity index (χ3n) is 5.72. The standard InChI is InChI=1S/C21H24N2O2/c1-25-13-12-23(15-17-7-4-5-11-22-17)20(24)19-14-21(19)10-9-16-6-2-3-8-18(16)21/h2-8,11,19H,9-10,12-15H2,1H3/t19-,21-/m0/s1. The third-order valence-corrected chi connectivity index (χ3v) is 5.72. The first kappa shape index (κ1) is 16.3. The molecule has 4 nitrogen and oxygen atoms in total. The Morgan fingerprint density at radius 1 is 1.28 bits per heavy atom. The van der Waals surface area contributed by atoms with E-state index >= 15 is 0 Å². The molecule has 2 aliphatic carbocycles. The number of carbonyl (C=O) groups is 1. The van der Waals surface area contributed by atoms with Gasteiger partial charge in [-0.3, -0.25) is 9.78 Å². The predicted molar refractivity (Wildman–Crippen MR) is 96.1 cm³/mol. The van der Waals surface area contributed by atoms with Gasteiger partial charge in [-0.25, -0.2) is 0 Å². The fraction of sp³-hybridized carbons (Fsp3) is 0.429. The second-order valence-electron chi connectivity index (χ2n) is 7.14. The smallest absolute Gasteiger partial charge is 0.227 e. The molecule has 130 valence electrons. The number of carbonyl (C=O) groups excluding carboxylic acids is 1. The first-order valence-electron chi connectivity index (χ1n) is 9.00. The van der Waals surface area contributed by atoms with Crippen molar-refractivity contribution in [2.75, 3.05) is 20.3 Å². The number of benzene rings is 1. The van der Waals surface area contributed by atoms with Gasteiger partial charge in [-0.05, 0) is 42.5 Å². The Hall–Kier alpha value is -2.20. The van der Waals surface area contributed by atoms with E-state index in [4.69, 9.17) is 4.74 Å². The summed E-state index contributed by atoms with van der Waals surface area (Å²) in [6.45, 7) is 1.71. The number of methoxy groups -OCH3 is 1. The maximum absolute atomic E-state index is 13.2. The van der Waals surface area contributed by atoms with Crippen molar-refractivity contribution in [2.45, 2.75) is 31.2 Å². The molecule has 2 aliphatic rings. The first-order chi connectivity index (χ1) is 12.2. The van der Waals surface area contributed by atoms with Crippen LogP contribution in [0.2, 0.25) is 0 Å². The third kappa shape index (κ3) is 2.95. The lowest BCUT2D eigenvalue weighted by Gasteiger charge is -2.23. The Balaban J connectivity index is 1.52. The quantitative estimate of drug-likeness (QED) is 0.814. The molecule has 0 saturated heterocycles. The molecule has 4 rings (SSSR count).